The lowest BCUT2D eigenvalue weighted by Gasteiger charge is -2.32. The van der Waals surface area contributed by atoms with E-state index in [4.69, 9.17) is 22.1 Å². The van der Waals surface area contributed by atoms with Gasteiger partial charge in [0.1, 0.15) is 47.7 Å². The third-order valence-corrected chi connectivity index (χ3v) is 6.07. The van der Waals surface area contributed by atoms with Crippen LogP contribution in [0.25, 0.3) is 22.3 Å². The molecule has 2 N–H and O–H groups in total. The average molecular weight is 515 g/mol. The van der Waals surface area contributed by atoms with Crippen LogP contribution >= 0.6 is 11.6 Å². The first-order valence-electron chi connectivity index (χ1n) is 11.3. The number of allylic oxidation sites excluding steroid dienone is 4. The van der Waals surface area contributed by atoms with Crippen LogP contribution in [-0.4, -0.2) is 56.1 Å². The van der Waals surface area contributed by atoms with Crippen LogP contribution in [0.5, 0.6) is 5.75 Å². The van der Waals surface area contributed by atoms with Crippen molar-refractivity contribution in [2.75, 3.05) is 31.3 Å². The Morgan fingerprint density at radius 1 is 1.36 bits per heavy atom. The van der Waals surface area contributed by atoms with Crippen LogP contribution in [0.2, 0.25) is 0 Å². The number of likely N-dealkylation sites (tertiary alicyclic amines) is 1. The van der Waals surface area contributed by atoms with Gasteiger partial charge >= 0.3 is 0 Å². The highest BCUT2D eigenvalue weighted by Crippen LogP contribution is 2.35. The van der Waals surface area contributed by atoms with Gasteiger partial charge in [-0.25, -0.2) is 23.4 Å². The second-order valence-corrected chi connectivity index (χ2v) is 8.42. The highest BCUT2D eigenvalue weighted by molar-refractivity contribution is 6.27. The Kier molecular flexibility index (Phi) is 7.94. The summed E-state index contributed by atoms with van der Waals surface area (Å²) >= 11 is 5.75. The topological polar surface area (TPSA) is 99.2 Å². The van der Waals surface area contributed by atoms with Crippen LogP contribution in [-0.2, 0) is 4.79 Å². The maximum absolute atomic E-state index is 15.2. The first-order chi connectivity index (χ1) is 17.4. The second-order valence-electron chi connectivity index (χ2n) is 8.16. The van der Waals surface area contributed by atoms with Crippen molar-refractivity contribution in [2.24, 2.45) is 0 Å². The number of anilines is 1. The Balaban J connectivity index is 1.65. The molecule has 2 aromatic heterocycles. The van der Waals surface area contributed by atoms with Crippen molar-refractivity contribution in [3.63, 3.8) is 0 Å². The molecule has 0 aliphatic carbocycles. The highest BCUT2D eigenvalue weighted by Gasteiger charge is 2.29. The number of amides is 1. The largest absolute Gasteiger partial charge is 0.489 e. The van der Waals surface area contributed by atoms with Gasteiger partial charge in [0, 0.05) is 24.7 Å². The number of nitrogens with two attached hydrogens (primary N) is 1. The third kappa shape index (κ3) is 5.38. The zero-order chi connectivity index (χ0) is 25.7. The predicted molar refractivity (Wildman–Crippen MR) is 135 cm³/mol. The lowest BCUT2D eigenvalue weighted by molar-refractivity contribution is -0.130. The van der Waals surface area contributed by atoms with Gasteiger partial charge in [-0.05, 0) is 37.1 Å². The minimum absolute atomic E-state index is 0.0797. The molecule has 1 unspecified atom stereocenters. The SMILES string of the molecule is C=C/C=C\C(F)=C/COc1ccc(-c2nn(C3CCCN(C(=O)CCl)C3)c3ncnc(N)c23)c(F)c1. The van der Waals surface area contributed by atoms with Crippen LogP contribution in [0.1, 0.15) is 18.9 Å². The van der Waals surface area contributed by atoms with Gasteiger partial charge in [-0.2, -0.15) is 5.10 Å². The van der Waals surface area contributed by atoms with Crippen LogP contribution in [0.3, 0.4) is 0 Å². The minimum Gasteiger partial charge on any atom is -0.489 e. The summed E-state index contributed by atoms with van der Waals surface area (Å²) in [5.41, 5.74) is 7.08. The normalized spacial score (nSPS) is 16.6. The summed E-state index contributed by atoms with van der Waals surface area (Å²) in [6, 6.07) is 4.10. The Labute approximate surface area is 211 Å². The molecule has 0 radical (unpaired) electrons. The van der Waals surface area contributed by atoms with Crippen LogP contribution in [0.15, 0.2) is 61.2 Å². The fourth-order valence-electron chi connectivity index (χ4n) is 4.13. The summed E-state index contributed by atoms with van der Waals surface area (Å²) in [7, 11) is 0. The lowest BCUT2D eigenvalue weighted by atomic mass is 10.1. The number of alkyl halides is 1. The number of nitrogen functional groups attached to an aromatic ring is 1. The fourth-order valence-corrected chi connectivity index (χ4v) is 4.30. The summed E-state index contributed by atoms with van der Waals surface area (Å²) in [6.45, 7) is 4.42. The first kappa shape index (κ1) is 25.3. The Morgan fingerprint density at radius 2 is 2.19 bits per heavy atom. The molecule has 8 nitrogen and oxygen atoms in total. The van der Waals surface area contributed by atoms with E-state index in [1.807, 2.05) is 0 Å². The van der Waals surface area contributed by atoms with Gasteiger partial charge in [-0.3, -0.25) is 4.79 Å². The van der Waals surface area contributed by atoms with E-state index < -0.39 is 11.6 Å². The van der Waals surface area contributed by atoms with Crippen molar-refractivity contribution in [3.8, 4) is 17.0 Å². The maximum atomic E-state index is 15.2. The first-order valence-corrected chi connectivity index (χ1v) is 11.9. The van der Waals surface area contributed by atoms with Crippen molar-refractivity contribution in [1.29, 1.82) is 0 Å². The average Bonchev–Trinajstić information content (AvgIpc) is 3.28. The number of hydrogen-bond donors (Lipinski definition) is 1. The molecular formula is C25H25ClF2N6O2. The molecule has 1 atom stereocenters. The molecule has 188 valence electrons. The number of rotatable bonds is 8. The summed E-state index contributed by atoms with van der Waals surface area (Å²) in [5.74, 6) is -0.947. The molecule has 3 aromatic rings. The molecule has 11 heteroatoms. The zero-order valence-electron chi connectivity index (χ0n) is 19.4. The standard InChI is InChI=1S/C25H25ClF2N6O2/c1-2-3-5-16(27)9-11-36-18-7-8-19(20(28)12-18)23-22-24(29)30-15-31-25(22)34(32-23)17-6-4-10-33(14-17)21(35)13-26/h2-3,5,7-9,12,15,17H,1,4,6,10-11,13-14H2,(H2,29,30,31)/b5-3-,16-9+. The Morgan fingerprint density at radius 3 is 2.94 bits per heavy atom. The maximum Gasteiger partial charge on any atom is 0.237 e. The van der Waals surface area contributed by atoms with E-state index in [1.165, 1.54) is 42.8 Å². The minimum atomic E-state index is -0.596. The molecule has 0 saturated carbocycles. The lowest BCUT2D eigenvalue weighted by Crippen LogP contribution is -2.41. The smallest absolute Gasteiger partial charge is 0.237 e. The number of nitrogens with zero attached hydrogens (tertiary/aromatic N) is 5. The summed E-state index contributed by atoms with van der Waals surface area (Å²) in [5, 5.41) is 5.10. The summed E-state index contributed by atoms with van der Waals surface area (Å²) in [6.07, 6.45) is 8.23. The third-order valence-electron chi connectivity index (χ3n) is 5.84. The molecule has 1 aliphatic rings. The number of benzene rings is 1. The molecule has 4 rings (SSSR count). The van der Waals surface area contributed by atoms with E-state index >= 15 is 4.39 Å². The van der Waals surface area contributed by atoms with E-state index in [-0.39, 0.29) is 47.3 Å². The van der Waals surface area contributed by atoms with Crippen LogP contribution in [0, 0.1) is 5.82 Å². The number of carbonyl (C=O) groups is 1. The molecule has 0 spiro atoms. The van der Waals surface area contributed by atoms with E-state index in [9.17, 15) is 9.18 Å². The highest BCUT2D eigenvalue weighted by atomic mass is 35.5. The van der Waals surface area contributed by atoms with Crippen LogP contribution in [0.4, 0.5) is 14.6 Å². The van der Waals surface area contributed by atoms with E-state index in [0.717, 1.165) is 12.8 Å². The van der Waals surface area contributed by atoms with Crippen molar-refractivity contribution in [3.05, 3.63) is 67.1 Å². The van der Waals surface area contributed by atoms with Crippen molar-refractivity contribution in [2.45, 2.75) is 18.9 Å². The van der Waals surface area contributed by atoms with E-state index in [2.05, 4.69) is 21.6 Å². The molecule has 36 heavy (non-hydrogen) atoms. The summed E-state index contributed by atoms with van der Waals surface area (Å²) in [4.78, 5) is 22.3. The van der Waals surface area contributed by atoms with Crippen molar-refractivity contribution < 1.29 is 18.3 Å². The number of halogens is 3. The zero-order valence-corrected chi connectivity index (χ0v) is 20.2. The number of piperidine rings is 1. The Hall–Kier alpha value is -3.79. The molecular weight excluding hydrogens is 490 g/mol. The number of hydrogen-bond acceptors (Lipinski definition) is 6. The van der Waals surface area contributed by atoms with Gasteiger partial charge in [0.25, 0.3) is 0 Å². The molecule has 1 saturated heterocycles. The molecule has 0 bridgehead atoms. The van der Waals surface area contributed by atoms with Crippen molar-refractivity contribution in [1.82, 2.24) is 24.6 Å². The van der Waals surface area contributed by atoms with Gasteiger partial charge in [0.2, 0.25) is 5.91 Å². The van der Waals surface area contributed by atoms with Gasteiger partial charge in [-0.15, -0.1) is 11.6 Å². The van der Waals surface area contributed by atoms with E-state index in [1.54, 1.807) is 15.6 Å². The predicted octanol–water partition coefficient (Wildman–Crippen LogP) is 4.59. The van der Waals surface area contributed by atoms with E-state index in [0.29, 0.717) is 24.1 Å². The van der Waals surface area contributed by atoms with Crippen LogP contribution < -0.4 is 10.5 Å². The second kappa shape index (κ2) is 11.3. The summed E-state index contributed by atoms with van der Waals surface area (Å²) < 4.78 is 36.0. The van der Waals surface area contributed by atoms with Gasteiger partial charge < -0.3 is 15.4 Å². The fraction of sp³-hybridized carbons (Fsp3) is 0.280. The molecule has 1 amide bonds. The number of carbonyl (C=O) groups excluding carboxylic acids is 1. The van der Waals surface area contributed by atoms with Gasteiger partial charge in [-0.1, -0.05) is 18.7 Å². The van der Waals surface area contributed by atoms with Gasteiger partial charge in [0.15, 0.2) is 5.65 Å². The number of aromatic nitrogens is 4. The Bertz CT molecular complexity index is 1340. The van der Waals surface area contributed by atoms with Crippen molar-refractivity contribution >= 4 is 34.4 Å². The monoisotopic (exact) mass is 514 g/mol. The number of ether oxygens (including phenoxy) is 1. The number of fused-ring (bicyclic) bond motifs is 1. The molecule has 1 aromatic carbocycles. The molecule has 3 heterocycles. The molecule has 1 aliphatic heterocycles. The quantitative estimate of drug-likeness (QED) is 0.348. The molecule has 1 fully saturated rings. The van der Waals surface area contributed by atoms with Gasteiger partial charge in [0.05, 0.1) is 11.4 Å².